The second-order valence-electron chi connectivity index (χ2n) is 7.01. The molecule has 0 amide bonds. The number of ether oxygens (including phenoxy) is 1. The first kappa shape index (κ1) is 18.2. The highest BCUT2D eigenvalue weighted by Crippen LogP contribution is 2.49. The van der Waals surface area contributed by atoms with E-state index in [1.54, 1.807) is 0 Å². The molecular formula is C25H23BrO. The van der Waals surface area contributed by atoms with Crippen LogP contribution in [0.2, 0.25) is 0 Å². The molecule has 2 heteroatoms. The highest BCUT2D eigenvalue weighted by Gasteiger charge is 2.44. The molecule has 3 aromatic rings. The fourth-order valence-corrected chi connectivity index (χ4v) is 3.93. The Kier molecular flexibility index (Phi) is 5.29. The monoisotopic (exact) mass is 418 g/mol. The van der Waals surface area contributed by atoms with Gasteiger partial charge in [-0.3, -0.25) is 0 Å². The summed E-state index contributed by atoms with van der Waals surface area (Å²) in [6.45, 7) is 4.34. The lowest BCUT2D eigenvalue weighted by atomic mass is 9.89. The van der Waals surface area contributed by atoms with Crippen LogP contribution >= 0.6 is 15.9 Å². The minimum atomic E-state index is 0.101. The van der Waals surface area contributed by atoms with Gasteiger partial charge in [-0.25, -0.2) is 0 Å². The van der Waals surface area contributed by atoms with Crippen LogP contribution in [0.5, 0.6) is 0 Å². The molecule has 4 rings (SSSR count). The molecule has 27 heavy (non-hydrogen) atoms. The lowest BCUT2D eigenvalue weighted by Gasteiger charge is -2.14. The fraction of sp³-hybridized carbons (Fsp3) is 0.200. The summed E-state index contributed by atoms with van der Waals surface area (Å²) in [5, 5.41) is 0. The molecule has 1 saturated heterocycles. The Hall–Kier alpha value is -2.16. The summed E-state index contributed by atoms with van der Waals surface area (Å²) in [6.07, 6.45) is 1.20. The van der Waals surface area contributed by atoms with Crippen molar-refractivity contribution in [1.82, 2.24) is 0 Å². The van der Waals surface area contributed by atoms with Crippen LogP contribution in [-0.2, 0) is 4.74 Å². The van der Waals surface area contributed by atoms with Gasteiger partial charge in [-0.1, -0.05) is 95.1 Å². The van der Waals surface area contributed by atoms with Crippen LogP contribution in [0.15, 0.2) is 83.3 Å². The number of allylic oxidation sites excluding steroid dienone is 1. The van der Waals surface area contributed by atoms with Crippen LogP contribution in [0.25, 0.3) is 11.1 Å². The number of hydrogen-bond donors (Lipinski definition) is 0. The Balaban J connectivity index is 1.79. The van der Waals surface area contributed by atoms with Crippen molar-refractivity contribution in [2.24, 2.45) is 0 Å². The quantitative estimate of drug-likeness (QED) is 0.314. The van der Waals surface area contributed by atoms with E-state index in [-0.39, 0.29) is 12.2 Å². The summed E-state index contributed by atoms with van der Waals surface area (Å²) in [7, 11) is 0. The lowest BCUT2D eigenvalue weighted by Crippen LogP contribution is -2.00. The first-order valence-electron chi connectivity index (χ1n) is 9.44. The Labute approximate surface area is 169 Å². The molecule has 0 N–H and O–H groups in total. The topological polar surface area (TPSA) is 12.5 Å². The first-order chi connectivity index (χ1) is 13.2. The third kappa shape index (κ3) is 3.92. The van der Waals surface area contributed by atoms with Gasteiger partial charge in [0.25, 0.3) is 0 Å². The molecule has 1 heterocycles. The largest absolute Gasteiger partial charge is 0.359 e. The Morgan fingerprint density at radius 1 is 0.852 bits per heavy atom. The molecule has 2 atom stereocenters. The fourth-order valence-electron chi connectivity index (χ4n) is 3.67. The van der Waals surface area contributed by atoms with Crippen LogP contribution in [0.3, 0.4) is 0 Å². The van der Waals surface area contributed by atoms with E-state index in [2.05, 4.69) is 109 Å². The van der Waals surface area contributed by atoms with Gasteiger partial charge in [0, 0.05) is 4.47 Å². The Morgan fingerprint density at radius 2 is 1.52 bits per heavy atom. The first-order valence-corrected chi connectivity index (χ1v) is 10.2. The molecule has 1 aliphatic rings. The van der Waals surface area contributed by atoms with Gasteiger partial charge >= 0.3 is 0 Å². The molecule has 0 aromatic heterocycles. The van der Waals surface area contributed by atoms with Gasteiger partial charge in [0.05, 0.1) is 0 Å². The van der Waals surface area contributed by atoms with Gasteiger partial charge in [-0.05, 0) is 53.3 Å². The molecule has 1 fully saturated rings. The lowest BCUT2D eigenvalue weighted by molar-refractivity contribution is 0.397. The Morgan fingerprint density at radius 3 is 2.15 bits per heavy atom. The average molecular weight is 419 g/mol. The van der Waals surface area contributed by atoms with E-state index in [1.807, 2.05) is 0 Å². The van der Waals surface area contributed by atoms with Crippen molar-refractivity contribution in [2.45, 2.75) is 32.5 Å². The van der Waals surface area contributed by atoms with Crippen molar-refractivity contribution >= 4 is 27.1 Å². The maximum atomic E-state index is 6.22. The van der Waals surface area contributed by atoms with Gasteiger partial charge in [0.1, 0.15) is 12.2 Å². The molecule has 0 spiro atoms. The van der Waals surface area contributed by atoms with Crippen molar-refractivity contribution in [3.8, 4) is 0 Å². The van der Waals surface area contributed by atoms with E-state index in [4.69, 9.17) is 4.74 Å². The van der Waals surface area contributed by atoms with Crippen molar-refractivity contribution in [3.63, 3.8) is 0 Å². The summed E-state index contributed by atoms with van der Waals surface area (Å²) in [5.41, 5.74) is 7.70. The zero-order valence-corrected chi connectivity index (χ0v) is 17.2. The highest BCUT2D eigenvalue weighted by molar-refractivity contribution is 9.10. The van der Waals surface area contributed by atoms with E-state index in [1.165, 1.54) is 33.4 Å². The minimum absolute atomic E-state index is 0.101. The van der Waals surface area contributed by atoms with Crippen molar-refractivity contribution in [2.75, 3.05) is 0 Å². The predicted molar refractivity (Wildman–Crippen MR) is 116 cm³/mol. The second kappa shape index (κ2) is 7.84. The molecular weight excluding hydrogens is 396 g/mol. The number of hydrogen-bond acceptors (Lipinski definition) is 1. The van der Waals surface area contributed by atoms with Crippen molar-refractivity contribution in [3.05, 3.63) is 106 Å². The number of benzene rings is 3. The third-order valence-electron chi connectivity index (χ3n) is 5.14. The van der Waals surface area contributed by atoms with E-state index >= 15 is 0 Å². The average Bonchev–Trinajstić information content (AvgIpc) is 3.48. The molecule has 1 nitrogen and oxygen atoms in total. The van der Waals surface area contributed by atoms with Gasteiger partial charge in [-0.2, -0.15) is 0 Å². The number of epoxide rings is 1. The van der Waals surface area contributed by atoms with Gasteiger partial charge in [0.2, 0.25) is 0 Å². The number of rotatable bonds is 5. The maximum absolute atomic E-state index is 6.22. The molecule has 0 bridgehead atoms. The zero-order chi connectivity index (χ0) is 18.8. The van der Waals surface area contributed by atoms with Crippen molar-refractivity contribution in [1.29, 1.82) is 0 Å². The SMILES string of the molecule is CC/C(=C(/c1ccc(Br)cc1)C1OC1c1ccc(C)cc1)c1ccccc1. The number of aryl methyl sites for hydroxylation is 1. The van der Waals surface area contributed by atoms with Gasteiger partial charge in [0.15, 0.2) is 0 Å². The normalized spacial score (nSPS) is 19.5. The highest BCUT2D eigenvalue weighted by atomic mass is 79.9. The van der Waals surface area contributed by atoms with Crippen LogP contribution in [0.1, 0.15) is 41.7 Å². The molecule has 2 unspecified atom stereocenters. The molecule has 0 saturated carbocycles. The summed E-state index contributed by atoms with van der Waals surface area (Å²) < 4.78 is 7.32. The van der Waals surface area contributed by atoms with Crippen LogP contribution in [-0.4, -0.2) is 6.10 Å². The van der Waals surface area contributed by atoms with Crippen molar-refractivity contribution < 1.29 is 4.74 Å². The maximum Gasteiger partial charge on any atom is 0.115 e. The molecule has 3 aromatic carbocycles. The molecule has 0 radical (unpaired) electrons. The molecule has 1 aliphatic heterocycles. The summed E-state index contributed by atoms with van der Waals surface area (Å²) in [5.74, 6) is 0. The molecule has 0 aliphatic carbocycles. The summed E-state index contributed by atoms with van der Waals surface area (Å²) >= 11 is 3.55. The summed E-state index contributed by atoms with van der Waals surface area (Å²) in [4.78, 5) is 0. The number of halogens is 1. The van der Waals surface area contributed by atoms with E-state index in [0.29, 0.717) is 0 Å². The standard InChI is InChI=1S/C25H23BrO/c1-3-22(18-7-5-4-6-8-18)23(19-13-15-21(26)16-14-19)25-24(27-25)20-11-9-17(2)10-12-20/h4-16,24-25H,3H2,1-2H3/b23-22+. The van der Waals surface area contributed by atoms with Crippen LogP contribution in [0, 0.1) is 6.92 Å². The van der Waals surface area contributed by atoms with Crippen LogP contribution < -0.4 is 0 Å². The van der Waals surface area contributed by atoms with Gasteiger partial charge in [-0.15, -0.1) is 0 Å². The van der Waals surface area contributed by atoms with Crippen LogP contribution in [0.4, 0.5) is 0 Å². The second-order valence-corrected chi connectivity index (χ2v) is 7.92. The molecule has 136 valence electrons. The zero-order valence-electron chi connectivity index (χ0n) is 15.7. The third-order valence-corrected chi connectivity index (χ3v) is 5.67. The smallest absolute Gasteiger partial charge is 0.115 e. The van der Waals surface area contributed by atoms with E-state index < -0.39 is 0 Å². The minimum Gasteiger partial charge on any atom is -0.359 e. The summed E-state index contributed by atoms with van der Waals surface area (Å²) in [6, 6.07) is 28.0. The Bertz CT molecular complexity index is 940. The van der Waals surface area contributed by atoms with E-state index in [9.17, 15) is 0 Å². The van der Waals surface area contributed by atoms with Gasteiger partial charge < -0.3 is 4.74 Å². The predicted octanol–water partition coefficient (Wildman–Crippen LogP) is 7.22. The van der Waals surface area contributed by atoms with E-state index in [0.717, 1.165) is 10.9 Å².